The molecule has 88 valence electrons. The van der Waals surface area contributed by atoms with Gasteiger partial charge in [-0.2, -0.15) is 0 Å². The van der Waals surface area contributed by atoms with E-state index in [4.69, 9.17) is 0 Å². The van der Waals surface area contributed by atoms with E-state index in [0.717, 1.165) is 24.6 Å². The maximum Gasteiger partial charge on any atom is 0.251 e. The predicted octanol–water partition coefficient (Wildman–Crippen LogP) is 1.67. The van der Waals surface area contributed by atoms with Gasteiger partial charge in [-0.05, 0) is 18.9 Å². The molecule has 0 spiro atoms. The third-order valence-electron chi connectivity index (χ3n) is 2.13. The first-order valence-electron chi connectivity index (χ1n) is 5.27. The van der Waals surface area contributed by atoms with E-state index in [2.05, 4.69) is 26.2 Å². The van der Waals surface area contributed by atoms with Gasteiger partial charge in [0.05, 0.1) is 0 Å². The number of aromatic amines is 1. The zero-order valence-corrected chi connectivity index (χ0v) is 10.5. The predicted molar refractivity (Wildman–Crippen MR) is 67.0 cm³/mol. The summed E-state index contributed by atoms with van der Waals surface area (Å²) in [6.07, 6.45) is 4.63. The number of pyridine rings is 1. The largest absolute Gasteiger partial charge is 0.352 e. The lowest BCUT2D eigenvalue weighted by atomic mass is 10.2. The second kappa shape index (κ2) is 7.22. The fourth-order valence-electron chi connectivity index (χ4n) is 1.29. The van der Waals surface area contributed by atoms with Crippen LogP contribution >= 0.6 is 15.9 Å². The van der Waals surface area contributed by atoms with E-state index in [0.29, 0.717) is 12.1 Å². The highest BCUT2D eigenvalue weighted by Gasteiger charge is 2.04. The molecule has 0 atom stereocenters. The number of H-pyrrole nitrogens is 1. The molecular formula is C11H15BrN2O2. The van der Waals surface area contributed by atoms with Crippen LogP contribution in [-0.2, 0) is 0 Å². The number of carbonyl (C=O) groups excluding carboxylic acids is 1. The number of hydrogen-bond donors (Lipinski definition) is 2. The second-order valence-corrected chi connectivity index (χ2v) is 4.24. The summed E-state index contributed by atoms with van der Waals surface area (Å²) >= 11 is 3.35. The molecule has 1 rings (SSSR count). The highest BCUT2D eigenvalue weighted by molar-refractivity contribution is 9.09. The lowest BCUT2D eigenvalue weighted by Crippen LogP contribution is -2.25. The summed E-state index contributed by atoms with van der Waals surface area (Å²) in [5.41, 5.74) is 0.149. The van der Waals surface area contributed by atoms with Gasteiger partial charge in [-0.1, -0.05) is 22.4 Å². The van der Waals surface area contributed by atoms with E-state index in [-0.39, 0.29) is 11.5 Å². The maximum absolute atomic E-state index is 11.6. The van der Waals surface area contributed by atoms with Crippen LogP contribution in [0.2, 0.25) is 0 Å². The number of aromatic nitrogens is 1. The van der Waals surface area contributed by atoms with Crippen molar-refractivity contribution in [2.45, 2.75) is 19.3 Å². The van der Waals surface area contributed by atoms with Crippen molar-refractivity contribution in [1.29, 1.82) is 0 Å². The van der Waals surface area contributed by atoms with Gasteiger partial charge < -0.3 is 10.3 Å². The first-order valence-corrected chi connectivity index (χ1v) is 6.39. The van der Waals surface area contributed by atoms with Gasteiger partial charge >= 0.3 is 0 Å². The Balaban J connectivity index is 2.33. The SMILES string of the molecule is O=C(NCCCCCBr)c1cc[nH]c(=O)c1. The van der Waals surface area contributed by atoms with Crippen LogP contribution < -0.4 is 10.9 Å². The minimum Gasteiger partial charge on any atom is -0.352 e. The standard InChI is InChI=1S/C11H15BrN2O2/c12-5-2-1-3-6-14-11(16)9-4-7-13-10(15)8-9/h4,7-8H,1-3,5-6H2,(H,13,15)(H,14,16). The fraction of sp³-hybridized carbons (Fsp3) is 0.455. The van der Waals surface area contributed by atoms with Gasteiger partial charge in [-0.25, -0.2) is 0 Å². The van der Waals surface area contributed by atoms with Crippen molar-refractivity contribution in [1.82, 2.24) is 10.3 Å². The molecule has 5 heteroatoms. The van der Waals surface area contributed by atoms with Crippen LogP contribution in [0.25, 0.3) is 0 Å². The Labute approximate surface area is 103 Å². The zero-order chi connectivity index (χ0) is 11.8. The molecule has 0 aromatic carbocycles. The van der Waals surface area contributed by atoms with Gasteiger partial charge in [-0.3, -0.25) is 9.59 Å². The van der Waals surface area contributed by atoms with Gasteiger partial charge in [0.15, 0.2) is 0 Å². The summed E-state index contributed by atoms with van der Waals surface area (Å²) in [7, 11) is 0. The van der Waals surface area contributed by atoms with E-state index >= 15 is 0 Å². The van der Waals surface area contributed by atoms with Crippen molar-refractivity contribution in [2.75, 3.05) is 11.9 Å². The summed E-state index contributed by atoms with van der Waals surface area (Å²) in [6, 6.07) is 2.89. The van der Waals surface area contributed by atoms with Crippen molar-refractivity contribution >= 4 is 21.8 Å². The molecule has 1 amide bonds. The summed E-state index contributed by atoms with van der Waals surface area (Å²) in [4.78, 5) is 25.0. The summed E-state index contributed by atoms with van der Waals surface area (Å²) in [5.74, 6) is -0.190. The molecule has 0 aliphatic rings. The molecular weight excluding hydrogens is 272 g/mol. The quantitative estimate of drug-likeness (QED) is 0.617. The van der Waals surface area contributed by atoms with E-state index in [1.165, 1.54) is 12.3 Å². The van der Waals surface area contributed by atoms with Crippen LogP contribution in [0.3, 0.4) is 0 Å². The minimum absolute atomic E-state index is 0.190. The van der Waals surface area contributed by atoms with Crippen LogP contribution in [0.4, 0.5) is 0 Å². The lowest BCUT2D eigenvalue weighted by molar-refractivity contribution is 0.0953. The molecule has 0 unspecified atom stereocenters. The third kappa shape index (κ3) is 4.61. The van der Waals surface area contributed by atoms with E-state index < -0.39 is 0 Å². The van der Waals surface area contributed by atoms with Gasteiger partial charge in [0, 0.05) is 29.7 Å². The first-order chi connectivity index (χ1) is 7.74. The molecule has 1 aromatic heterocycles. The minimum atomic E-state index is -0.257. The van der Waals surface area contributed by atoms with Crippen molar-refractivity contribution in [3.8, 4) is 0 Å². The number of amides is 1. The average molecular weight is 287 g/mol. The zero-order valence-electron chi connectivity index (χ0n) is 8.96. The maximum atomic E-state index is 11.6. The third-order valence-corrected chi connectivity index (χ3v) is 2.69. The molecule has 4 nitrogen and oxygen atoms in total. The van der Waals surface area contributed by atoms with Crippen molar-refractivity contribution < 1.29 is 4.79 Å². The Morgan fingerprint density at radius 3 is 2.88 bits per heavy atom. The van der Waals surface area contributed by atoms with Crippen LogP contribution in [0, 0.1) is 0 Å². The molecule has 1 aromatic rings. The van der Waals surface area contributed by atoms with Crippen LogP contribution in [0.5, 0.6) is 0 Å². The molecule has 0 fully saturated rings. The van der Waals surface area contributed by atoms with Crippen LogP contribution in [-0.4, -0.2) is 22.8 Å². The number of carbonyl (C=O) groups is 1. The van der Waals surface area contributed by atoms with Gasteiger partial charge in [-0.15, -0.1) is 0 Å². The van der Waals surface area contributed by atoms with E-state index in [1.54, 1.807) is 6.07 Å². The normalized spacial score (nSPS) is 10.1. The first kappa shape index (κ1) is 13.0. The Hall–Kier alpha value is -1.10. The molecule has 1 heterocycles. The van der Waals surface area contributed by atoms with Crippen LogP contribution in [0.15, 0.2) is 23.1 Å². The van der Waals surface area contributed by atoms with Gasteiger partial charge in [0.1, 0.15) is 0 Å². The molecule has 0 saturated heterocycles. The number of hydrogen-bond acceptors (Lipinski definition) is 2. The Kier molecular flexibility index (Phi) is 5.85. The average Bonchev–Trinajstić information content (AvgIpc) is 2.28. The molecule has 0 aliphatic carbocycles. The second-order valence-electron chi connectivity index (χ2n) is 3.45. The van der Waals surface area contributed by atoms with Crippen molar-refractivity contribution in [3.63, 3.8) is 0 Å². The van der Waals surface area contributed by atoms with Gasteiger partial charge in [0.25, 0.3) is 5.91 Å². The summed E-state index contributed by atoms with van der Waals surface area (Å²) in [5, 5.41) is 3.77. The van der Waals surface area contributed by atoms with Crippen molar-refractivity contribution in [2.24, 2.45) is 0 Å². The fourth-order valence-corrected chi connectivity index (χ4v) is 1.68. The summed E-state index contributed by atoms with van der Waals surface area (Å²) in [6.45, 7) is 0.651. The highest BCUT2D eigenvalue weighted by atomic mass is 79.9. The molecule has 0 radical (unpaired) electrons. The molecule has 2 N–H and O–H groups in total. The van der Waals surface area contributed by atoms with Crippen LogP contribution in [0.1, 0.15) is 29.6 Å². The van der Waals surface area contributed by atoms with E-state index in [9.17, 15) is 9.59 Å². The Morgan fingerprint density at radius 2 is 2.19 bits per heavy atom. The molecule has 0 aliphatic heterocycles. The number of rotatable bonds is 6. The number of halogens is 1. The Bertz CT molecular complexity index is 390. The highest BCUT2D eigenvalue weighted by Crippen LogP contribution is 1.98. The van der Waals surface area contributed by atoms with Gasteiger partial charge in [0.2, 0.25) is 5.56 Å². The Morgan fingerprint density at radius 1 is 1.38 bits per heavy atom. The molecule has 0 bridgehead atoms. The van der Waals surface area contributed by atoms with Crippen molar-refractivity contribution in [3.05, 3.63) is 34.2 Å². The van der Waals surface area contributed by atoms with E-state index in [1.807, 2.05) is 0 Å². The number of nitrogens with one attached hydrogen (secondary N) is 2. The summed E-state index contributed by atoms with van der Waals surface area (Å²) < 4.78 is 0. The molecule has 0 saturated carbocycles. The lowest BCUT2D eigenvalue weighted by Gasteiger charge is -2.03. The smallest absolute Gasteiger partial charge is 0.251 e. The molecule has 16 heavy (non-hydrogen) atoms. The monoisotopic (exact) mass is 286 g/mol. The topological polar surface area (TPSA) is 62.0 Å². The number of alkyl halides is 1. The number of unbranched alkanes of at least 4 members (excludes halogenated alkanes) is 2.